The van der Waals surface area contributed by atoms with Crippen molar-refractivity contribution in [3.63, 3.8) is 0 Å². The highest BCUT2D eigenvalue weighted by molar-refractivity contribution is 6.04. The molecule has 2 N–H and O–H groups in total. The first-order valence-electron chi connectivity index (χ1n) is 11.1. The van der Waals surface area contributed by atoms with E-state index in [1.807, 2.05) is 24.7 Å². The number of benzene rings is 1. The summed E-state index contributed by atoms with van der Waals surface area (Å²) >= 11 is 0. The molecule has 0 unspecified atom stereocenters. The standard InChI is InChI=1S/C25H28N4O4/c1-5-25(31)11-9-18(10-12-25)28-15-17-13-20(23(33-4)14-19(17)27-28)26-24(30)22-8-6-7-21(16(2)3)29(22)32/h1,6-8,13-16,18,31H,9-12H2,2-4H3,(H,26,30). The molecule has 0 saturated heterocycles. The zero-order valence-corrected chi connectivity index (χ0v) is 19.0. The van der Waals surface area contributed by atoms with Gasteiger partial charge < -0.3 is 20.4 Å². The van der Waals surface area contributed by atoms with Crippen molar-refractivity contribution < 1.29 is 19.4 Å². The smallest absolute Gasteiger partial charge is 0.321 e. The number of pyridine rings is 1. The monoisotopic (exact) mass is 448 g/mol. The molecule has 1 fully saturated rings. The van der Waals surface area contributed by atoms with E-state index < -0.39 is 11.5 Å². The van der Waals surface area contributed by atoms with Crippen LogP contribution in [0.15, 0.2) is 36.5 Å². The Morgan fingerprint density at radius 2 is 2.12 bits per heavy atom. The molecule has 1 amide bonds. The summed E-state index contributed by atoms with van der Waals surface area (Å²) < 4.78 is 8.04. The molecule has 1 aliphatic rings. The predicted octanol–water partition coefficient (Wildman–Crippen LogP) is 3.53. The van der Waals surface area contributed by atoms with E-state index in [0.717, 1.165) is 23.7 Å². The number of fused-ring (bicyclic) bond motifs is 1. The van der Waals surface area contributed by atoms with Gasteiger partial charge in [0.15, 0.2) is 5.69 Å². The average molecular weight is 449 g/mol. The van der Waals surface area contributed by atoms with Crippen LogP contribution in [0.1, 0.15) is 67.7 Å². The number of hydrogen-bond acceptors (Lipinski definition) is 5. The zero-order chi connectivity index (χ0) is 23.8. The van der Waals surface area contributed by atoms with Crippen molar-refractivity contribution >= 4 is 22.5 Å². The Morgan fingerprint density at radius 1 is 1.39 bits per heavy atom. The topological polar surface area (TPSA) is 103 Å². The number of amides is 1. The number of anilines is 1. The number of aliphatic hydroxyl groups is 1. The highest BCUT2D eigenvalue weighted by Crippen LogP contribution is 2.36. The molecule has 172 valence electrons. The second kappa shape index (κ2) is 8.75. The first-order chi connectivity index (χ1) is 15.7. The Morgan fingerprint density at radius 3 is 2.76 bits per heavy atom. The van der Waals surface area contributed by atoms with Gasteiger partial charge in [0, 0.05) is 35.7 Å². The molecule has 8 nitrogen and oxygen atoms in total. The second-order valence-corrected chi connectivity index (χ2v) is 8.87. The SMILES string of the molecule is C#CC1(O)CCC(n2cc3cc(NC(=O)c4cccc(C(C)C)[n+]4[O-])c(OC)cc3n2)CC1. The molecular weight excluding hydrogens is 420 g/mol. The molecule has 2 aromatic heterocycles. The van der Waals surface area contributed by atoms with Crippen LogP contribution in [0.3, 0.4) is 0 Å². The molecule has 3 aromatic rings. The van der Waals surface area contributed by atoms with Gasteiger partial charge >= 0.3 is 5.91 Å². The maximum Gasteiger partial charge on any atom is 0.321 e. The van der Waals surface area contributed by atoms with E-state index in [-0.39, 0.29) is 17.7 Å². The number of nitrogens with zero attached hydrogens (tertiary/aromatic N) is 3. The van der Waals surface area contributed by atoms with Crippen LogP contribution in [0.2, 0.25) is 0 Å². The lowest BCUT2D eigenvalue weighted by atomic mass is 9.83. The highest BCUT2D eigenvalue weighted by atomic mass is 16.5. The number of rotatable bonds is 5. The summed E-state index contributed by atoms with van der Waals surface area (Å²) in [5.41, 5.74) is 0.686. The van der Waals surface area contributed by atoms with Crippen molar-refractivity contribution in [2.75, 3.05) is 12.4 Å². The number of nitrogens with one attached hydrogen (secondary N) is 1. The van der Waals surface area contributed by atoms with Gasteiger partial charge in [0.25, 0.3) is 5.69 Å². The molecule has 0 radical (unpaired) electrons. The van der Waals surface area contributed by atoms with E-state index in [0.29, 0.717) is 34.7 Å². The lowest BCUT2D eigenvalue weighted by molar-refractivity contribution is -0.617. The zero-order valence-electron chi connectivity index (χ0n) is 19.0. The fraction of sp³-hybridized carbons (Fsp3) is 0.400. The van der Waals surface area contributed by atoms with E-state index in [1.54, 1.807) is 24.3 Å². The Bertz CT molecular complexity index is 1230. The molecule has 1 aromatic carbocycles. The number of terminal acetylenes is 1. The summed E-state index contributed by atoms with van der Waals surface area (Å²) in [6, 6.07) is 8.60. The van der Waals surface area contributed by atoms with Crippen LogP contribution in [0.5, 0.6) is 5.75 Å². The fourth-order valence-corrected chi connectivity index (χ4v) is 4.31. The van der Waals surface area contributed by atoms with Gasteiger partial charge in [-0.25, -0.2) is 0 Å². The number of aromatic nitrogens is 3. The molecule has 2 heterocycles. The van der Waals surface area contributed by atoms with Crippen LogP contribution in [0.25, 0.3) is 10.9 Å². The Balaban J connectivity index is 1.61. The third-order valence-electron chi connectivity index (χ3n) is 6.32. The molecule has 0 bridgehead atoms. The Labute approximate surface area is 192 Å². The number of carbonyl (C=O) groups excluding carboxylic acids is 1. The van der Waals surface area contributed by atoms with E-state index in [4.69, 9.17) is 11.2 Å². The average Bonchev–Trinajstić information content (AvgIpc) is 3.21. The molecule has 1 aliphatic carbocycles. The number of ether oxygens (including phenoxy) is 1. The molecule has 1 saturated carbocycles. The molecule has 4 rings (SSSR count). The van der Waals surface area contributed by atoms with Gasteiger partial charge in [0.1, 0.15) is 11.4 Å². The third kappa shape index (κ3) is 4.37. The van der Waals surface area contributed by atoms with Crippen LogP contribution in [-0.2, 0) is 0 Å². The largest absolute Gasteiger partial charge is 0.618 e. The van der Waals surface area contributed by atoms with Crippen molar-refractivity contribution in [1.29, 1.82) is 0 Å². The van der Waals surface area contributed by atoms with Crippen molar-refractivity contribution in [3.05, 3.63) is 53.1 Å². The lowest BCUT2D eigenvalue weighted by Crippen LogP contribution is -2.41. The van der Waals surface area contributed by atoms with Crippen LogP contribution in [0.4, 0.5) is 5.69 Å². The summed E-state index contributed by atoms with van der Waals surface area (Å²) in [5.74, 6) is 2.41. The van der Waals surface area contributed by atoms with Gasteiger partial charge in [0.2, 0.25) is 0 Å². The van der Waals surface area contributed by atoms with Gasteiger partial charge in [-0.3, -0.25) is 9.48 Å². The number of methoxy groups -OCH3 is 1. The van der Waals surface area contributed by atoms with Gasteiger partial charge in [-0.2, -0.15) is 9.83 Å². The lowest BCUT2D eigenvalue weighted by Gasteiger charge is -2.32. The van der Waals surface area contributed by atoms with Crippen molar-refractivity contribution in [2.45, 2.75) is 57.1 Å². The molecule has 0 spiro atoms. The normalized spacial score (nSPS) is 20.5. The van der Waals surface area contributed by atoms with Crippen molar-refractivity contribution in [2.24, 2.45) is 0 Å². The third-order valence-corrected chi connectivity index (χ3v) is 6.32. The molecular formula is C25H28N4O4. The summed E-state index contributed by atoms with van der Waals surface area (Å²) in [6.07, 6.45) is 9.88. The van der Waals surface area contributed by atoms with E-state index in [1.165, 1.54) is 13.2 Å². The van der Waals surface area contributed by atoms with Crippen molar-refractivity contribution in [3.8, 4) is 18.1 Å². The quantitative estimate of drug-likeness (QED) is 0.353. The Kier molecular flexibility index (Phi) is 6.00. The maximum atomic E-state index is 12.9. The van der Waals surface area contributed by atoms with E-state index in [2.05, 4.69) is 16.3 Å². The van der Waals surface area contributed by atoms with Crippen LogP contribution >= 0.6 is 0 Å². The minimum absolute atomic E-state index is 0.0108. The number of carbonyl (C=O) groups is 1. The van der Waals surface area contributed by atoms with Gasteiger partial charge in [-0.15, -0.1) is 6.42 Å². The summed E-state index contributed by atoms with van der Waals surface area (Å²) in [5, 5.41) is 31.2. The van der Waals surface area contributed by atoms with E-state index >= 15 is 0 Å². The first kappa shape index (κ1) is 22.6. The maximum absolute atomic E-state index is 12.9. The molecule has 8 heteroatoms. The van der Waals surface area contributed by atoms with Crippen LogP contribution in [0, 0.1) is 17.6 Å². The van der Waals surface area contributed by atoms with Gasteiger partial charge in [-0.05, 0) is 37.8 Å². The molecule has 0 aliphatic heterocycles. The first-order valence-corrected chi connectivity index (χ1v) is 11.1. The second-order valence-electron chi connectivity index (χ2n) is 8.87. The predicted molar refractivity (Wildman–Crippen MR) is 125 cm³/mol. The molecule has 33 heavy (non-hydrogen) atoms. The summed E-state index contributed by atoms with van der Waals surface area (Å²) in [7, 11) is 1.52. The molecule has 0 atom stereocenters. The van der Waals surface area contributed by atoms with Gasteiger partial charge in [0.05, 0.1) is 24.4 Å². The van der Waals surface area contributed by atoms with Gasteiger partial charge in [-0.1, -0.05) is 19.8 Å². The minimum Gasteiger partial charge on any atom is -0.618 e. The summed E-state index contributed by atoms with van der Waals surface area (Å²) in [6.45, 7) is 3.80. The fourth-order valence-electron chi connectivity index (χ4n) is 4.31. The number of hydrogen-bond donors (Lipinski definition) is 2. The van der Waals surface area contributed by atoms with Crippen molar-refractivity contribution in [1.82, 2.24) is 9.78 Å². The van der Waals surface area contributed by atoms with Crippen LogP contribution < -0.4 is 14.8 Å². The highest BCUT2D eigenvalue weighted by Gasteiger charge is 2.32. The van der Waals surface area contributed by atoms with E-state index in [9.17, 15) is 15.1 Å². The van der Waals surface area contributed by atoms with Crippen LogP contribution in [-0.4, -0.2) is 33.5 Å². The minimum atomic E-state index is -1.03. The summed E-state index contributed by atoms with van der Waals surface area (Å²) in [4.78, 5) is 12.9. The Hall–Kier alpha value is -3.57.